The van der Waals surface area contributed by atoms with Crippen LogP contribution >= 0.6 is 0 Å². The van der Waals surface area contributed by atoms with E-state index in [0.29, 0.717) is 5.69 Å². The van der Waals surface area contributed by atoms with Crippen LogP contribution < -0.4 is 5.56 Å². The monoisotopic (exact) mass is 229 g/mol. The van der Waals surface area contributed by atoms with E-state index in [9.17, 15) is 9.59 Å². The van der Waals surface area contributed by atoms with Crippen LogP contribution in [0.3, 0.4) is 0 Å². The molecule has 0 bridgehead atoms. The van der Waals surface area contributed by atoms with Crippen LogP contribution in [0.1, 0.15) is 15.9 Å². The first kappa shape index (κ1) is 11.1. The summed E-state index contributed by atoms with van der Waals surface area (Å²) in [6, 6.07) is 10.2. The number of carboxylic acids is 1. The molecule has 0 amide bonds. The van der Waals surface area contributed by atoms with Crippen molar-refractivity contribution in [1.82, 2.24) is 4.57 Å². The zero-order valence-electron chi connectivity index (χ0n) is 9.25. The molecule has 2 rings (SSSR count). The Morgan fingerprint density at radius 1 is 1.24 bits per heavy atom. The molecule has 0 atom stereocenters. The van der Waals surface area contributed by atoms with Gasteiger partial charge in [0.15, 0.2) is 0 Å². The minimum atomic E-state index is -1.21. The molecular weight excluding hydrogens is 218 g/mol. The molecule has 0 spiro atoms. The molecule has 0 aliphatic heterocycles. The highest BCUT2D eigenvalue weighted by molar-refractivity contribution is 5.87. The first-order valence-corrected chi connectivity index (χ1v) is 5.11. The zero-order chi connectivity index (χ0) is 12.4. The topological polar surface area (TPSA) is 59.3 Å². The van der Waals surface area contributed by atoms with Gasteiger partial charge in [0, 0.05) is 11.9 Å². The molecular formula is C13H11NO3. The third-order valence-corrected chi connectivity index (χ3v) is 2.46. The summed E-state index contributed by atoms with van der Waals surface area (Å²) in [5, 5.41) is 8.88. The van der Waals surface area contributed by atoms with Gasteiger partial charge in [-0.1, -0.05) is 12.1 Å². The molecule has 0 radical (unpaired) electrons. The lowest BCUT2D eigenvalue weighted by Gasteiger charge is -2.06. The zero-order valence-corrected chi connectivity index (χ0v) is 9.25. The Bertz CT molecular complexity index is 629. The molecule has 0 saturated carbocycles. The van der Waals surface area contributed by atoms with Crippen molar-refractivity contribution in [1.29, 1.82) is 0 Å². The molecule has 0 aliphatic carbocycles. The molecule has 1 N–H and O–H groups in total. The van der Waals surface area contributed by atoms with E-state index in [-0.39, 0.29) is 5.56 Å². The molecule has 0 fully saturated rings. The van der Waals surface area contributed by atoms with Crippen LogP contribution in [-0.4, -0.2) is 15.6 Å². The highest BCUT2D eigenvalue weighted by Crippen LogP contribution is 2.08. The van der Waals surface area contributed by atoms with Crippen molar-refractivity contribution in [3.63, 3.8) is 0 Å². The van der Waals surface area contributed by atoms with Crippen LogP contribution in [0.15, 0.2) is 47.4 Å². The average molecular weight is 229 g/mol. The van der Waals surface area contributed by atoms with E-state index >= 15 is 0 Å². The Hall–Kier alpha value is -2.36. The number of rotatable bonds is 2. The van der Waals surface area contributed by atoms with Crippen molar-refractivity contribution < 1.29 is 9.90 Å². The van der Waals surface area contributed by atoms with E-state index in [4.69, 9.17) is 5.11 Å². The largest absolute Gasteiger partial charge is 0.477 e. The Kier molecular flexibility index (Phi) is 2.78. The highest BCUT2D eigenvalue weighted by atomic mass is 16.4. The summed E-state index contributed by atoms with van der Waals surface area (Å²) in [7, 11) is 0. The van der Waals surface area contributed by atoms with Crippen LogP contribution in [0.5, 0.6) is 0 Å². The van der Waals surface area contributed by atoms with Gasteiger partial charge in [0.05, 0.1) is 0 Å². The Labute approximate surface area is 97.8 Å². The minimum Gasteiger partial charge on any atom is -0.477 e. The van der Waals surface area contributed by atoms with Crippen molar-refractivity contribution in [2.75, 3.05) is 0 Å². The molecule has 0 aliphatic rings. The number of aryl methyl sites for hydroxylation is 1. The van der Waals surface area contributed by atoms with Gasteiger partial charge in [-0.05, 0) is 36.8 Å². The van der Waals surface area contributed by atoms with Gasteiger partial charge in [0.25, 0.3) is 5.56 Å². The molecule has 1 aromatic heterocycles. The first-order valence-electron chi connectivity index (χ1n) is 5.11. The third-order valence-electron chi connectivity index (χ3n) is 2.46. The summed E-state index contributed by atoms with van der Waals surface area (Å²) in [5.41, 5.74) is 0.924. The standard InChI is InChI=1S/C13H11NO3/c1-9-4-2-5-10(8-9)14-7-3-6-11(12(14)15)13(16)17/h2-8H,1H3,(H,16,17). The molecule has 0 unspecified atom stereocenters. The summed E-state index contributed by atoms with van der Waals surface area (Å²) in [5.74, 6) is -1.21. The number of benzene rings is 1. The van der Waals surface area contributed by atoms with E-state index in [1.54, 1.807) is 18.3 Å². The summed E-state index contributed by atoms with van der Waals surface area (Å²) in [6.07, 6.45) is 1.56. The molecule has 86 valence electrons. The fourth-order valence-corrected chi connectivity index (χ4v) is 1.64. The van der Waals surface area contributed by atoms with Crippen molar-refractivity contribution in [3.05, 3.63) is 64.1 Å². The Morgan fingerprint density at radius 2 is 2.00 bits per heavy atom. The van der Waals surface area contributed by atoms with Crippen LogP contribution in [0, 0.1) is 6.92 Å². The normalized spacial score (nSPS) is 10.2. The first-order chi connectivity index (χ1) is 8.09. The molecule has 2 aromatic rings. The molecule has 1 heterocycles. The van der Waals surface area contributed by atoms with Crippen LogP contribution in [0.25, 0.3) is 5.69 Å². The number of aromatic nitrogens is 1. The maximum atomic E-state index is 11.9. The SMILES string of the molecule is Cc1cccc(-n2cccc(C(=O)O)c2=O)c1. The van der Waals surface area contributed by atoms with Crippen molar-refractivity contribution in [2.45, 2.75) is 6.92 Å². The highest BCUT2D eigenvalue weighted by Gasteiger charge is 2.10. The summed E-state index contributed by atoms with van der Waals surface area (Å²) < 4.78 is 1.33. The lowest BCUT2D eigenvalue weighted by molar-refractivity contribution is 0.0694. The predicted molar refractivity (Wildman–Crippen MR) is 63.7 cm³/mol. The van der Waals surface area contributed by atoms with E-state index in [0.717, 1.165) is 5.56 Å². The second-order valence-corrected chi connectivity index (χ2v) is 3.74. The van der Waals surface area contributed by atoms with Gasteiger partial charge in [-0.3, -0.25) is 9.36 Å². The summed E-state index contributed by atoms with van der Waals surface area (Å²) in [6.45, 7) is 1.91. The van der Waals surface area contributed by atoms with Gasteiger partial charge in [-0.2, -0.15) is 0 Å². The van der Waals surface area contributed by atoms with Gasteiger partial charge in [0.2, 0.25) is 0 Å². The quantitative estimate of drug-likeness (QED) is 0.854. The van der Waals surface area contributed by atoms with E-state index in [2.05, 4.69) is 0 Å². The number of pyridine rings is 1. The van der Waals surface area contributed by atoms with Crippen LogP contribution in [0.2, 0.25) is 0 Å². The maximum absolute atomic E-state index is 11.9. The minimum absolute atomic E-state index is 0.228. The lowest BCUT2D eigenvalue weighted by Crippen LogP contribution is -2.24. The number of nitrogens with zero attached hydrogens (tertiary/aromatic N) is 1. The molecule has 17 heavy (non-hydrogen) atoms. The molecule has 4 heteroatoms. The number of carbonyl (C=O) groups is 1. The summed E-state index contributed by atoms with van der Waals surface area (Å²) in [4.78, 5) is 22.8. The fourth-order valence-electron chi connectivity index (χ4n) is 1.64. The second kappa shape index (κ2) is 4.25. The van der Waals surface area contributed by atoms with E-state index in [1.165, 1.54) is 10.6 Å². The number of aromatic carboxylic acids is 1. The number of hydrogen-bond acceptors (Lipinski definition) is 2. The van der Waals surface area contributed by atoms with Crippen LogP contribution in [-0.2, 0) is 0 Å². The smallest absolute Gasteiger partial charge is 0.341 e. The molecule has 4 nitrogen and oxygen atoms in total. The Balaban J connectivity index is 2.65. The lowest BCUT2D eigenvalue weighted by atomic mass is 10.2. The van der Waals surface area contributed by atoms with Crippen LogP contribution in [0.4, 0.5) is 0 Å². The summed E-state index contributed by atoms with van der Waals surface area (Å²) >= 11 is 0. The maximum Gasteiger partial charge on any atom is 0.341 e. The number of hydrogen-bond donors (Lipinski definition) is 1. The average Bonchev–Trinajstić information content (AvgIpc) is 2.29. The van der Waals surface area contributed by atoms with Gasteiger partial charge >= 0.3 is 5.97 Å². The van der Waals surface area contributed by atoms with Crippen molar-refractivity contribution >= 4 is 5.97 Å². The second-order valence-electron chi connectivity index (χ2n) is 3.74. The van der Waals surface area contributed by atoms with Gasteiger partial charge in [-0.15, -0.1) is 0 Å². The van der Waals surface area contributed by atoms with Crippen molar-refractivity contribution in [2.24, 2.45) is 0 Å². The van der Waals surface area contributed by atoms with E-state index in [1.807, 2.05) is 25.1 Å². The Morgan fingerprint density at radius 3 is 2.65 bits per heavy atom. The van der Waals surface area contributed by atoms with E-state index < -0.39 is 11.5 Å². The van der Waals surface area contributed by atoms with Gasteiger partial charge < -0.3 is 5.11 Å². The van der Waals surface area contributed by atoms with Gasteiger partial charge in [0.1, 0.15) is 5.56 Å². The number of carboxylic acid groups (broad SMARTS) is 1. The van der Waals surface area contributed by atoms with Gasteiger partial charge in [-0.25, -0.2) is 4.79 Å². The van der Waals surface area contributed by atoms with Crippen molar-refractivity contribution in [3.8, 4) is 5.69 Å². The molecule has 0 saturated heterocycles. The third kappa shape index (κ3) is 2.10. The molecule has 1 aromatic carbocycles. The predicted octanol–water partition coefficient (Wildman–Crippen LogP) is 1.84. The fraction of sp³-hybridized carbons (Fsp3) is 0.0769.